The summed E-state index contributed by atoms with van der Waals surface area (Å²) >= 11 is 0. The maximum absolute atomic E-state index is 12.2. The molecule has 3 aromatic rings. The van der Waals surface area contributed by atoms with Crippen molar-refractivity contribution in [3.05, 3.63) is 111 Å². The van der Waals surface area contributed by atoms with E-state index in [4.69, 9.17) is 9.47 Å². The summed E-state index contributed by atoms with van der Waals surface area (Å²) in [5.41, 5.74) is 2.27. The molecule has 4 rings (SSSR count). The number of ether oxygens (including phenoxy) is 2. The van der Waals surface area contributed by atoms with Crippen LogP contribution in [0, 0.1) is 17.0 Å². The summed E-state index contributed by atoms with van der Waals surface area (Å²) in [4.78, 5) is 39.1. The van der Waals surface area contributed by atoms with Crippen LogP contribution in [0.2, 0.25) is 0 Å². The Morgan fingerprint density at radius 2 is 1.82 bits per heavy atom. The second-order valence-corrected chi connectivity index (χ2v) is 7.24. The van der Waals surface area contributed by atoms with Crippen LogP contribution in [-0.4, -0.2) is 29.2 Å². The molecule has 1 heterocycles. The summed E-state index contributed by atoms with van der Waals surface area (Å²) in [6.07, 6.45) is 1.56. The maximum Gasteiger partial charge on any atom is 0.363 e. The highest BCUT2D eigenvalue weighted by Crippen LogP contribution is 2.24. The summed E-state index contributed by atoms with van der Waals surface area (Å²) in [6, 6.07) is 20.1. The zero-order chi connectivity index (χ0) is 23.4. The number of Topliss-reactive ketones (excluding diaryl/α,β-unsaturated/α-hetero) is 1. The van der Waals surface area contributed by atoms with Crippen LogP contribution in [0.15, 0.2) is 83.5 Å². The van der Waals surface area contributed by atoms with Gasteiger partial charge < -0.3 is 9.47 Å². The van der Waals surface area contributed by atoms with Crippen LogP contribution >= 0.6 is 0 Å². The van der Waals surface area contributed by atoms with E-state index in [9.17, 15) is 19.7 Å². The lowest BCUT2D eigenvalue weighted by Crippen LogP contribution is -2.11. The molecule has 8 nitrogen and oxygen atoms in total. The van der Waals surface area contributed by atoms with Gasteiger partial charge in [-0.3, -0.25) is 14.9 Å². The molecule has 0 saturated carbocycles. The first-order valence-electron chi connectivity index (χ1n) is 10.00. The monoisotopic (exact) mass is 442 g/mol. The third-order valence-corrected chi connectivity index (χ3v) is 4.91. The largest absolute Gasteiger partial charge is 0.485 e. The summed E-state index contributed by atoms with van der Waals surface area (Å²) in [5.74, 6) is -0.141. The molecule has 164 valence electrons. The Hall–Kier alpha value is -4.59. The number of ketones is 1. The van der Waals surface area contributed by atoms with E-state index >= 15 is 0 Å². The van der Waals surface area contributed by atoms with Gasteiger partial charge in [0.1, 0.15) is 5.75 Å². The zero-order valence-corrected chi connectivity index (χ0v) is 17.6. The van der Waals surface area contributed by atoms with Crippen molar-refractivity contribution in [3.63, 3.8) is 0 Å². The summed E-state index contributed by atoms with van der Waals surface area (Å²) in [7, 11) is 0. The fourth-order valence-electron chi connectivity index (χ4n) is 3.20. The van der Waals surface area contributed by atoms with Crippen LogP contribution in [-0.2, 0) is 9.53 Å². The van der Waals surface area contributed by atoms with Gasteiger partial charge in [0, 0.05) is 22.8 Å². The van der Waals surface area contributed by atoms with E-state index in [1.54, 1.807) is 67.6 Å². The van der Waals surface area contributed by atoms with Gasteiger partial charge in [-0.15, -0.1) is 0 Å². The number of carbonyl (C=O) groups is 2. The number of rotatable bonds is 7. The first-order valence-corrected chi connectivity index (χ1v) is 10.00. The highest BCUT2D eigenvalue weighted by Gasteiger charge is 2.25. The molecular weight excluding hydrogens is 424 g/mol. The predicted molar refractivity (Wildman–Crippen MR) is 121 cm³/mol. The molecule has 0 N–H and O–H groups in total. The van der Waals surface area contributed by atoms with Crippen LogP contribution < -0.4 is 4.74 Å². The average molecular weight is 442 g/mol. The molecule has 0 bridgehead atoms. The van der Waals surface area contributed by atoms with Crippen molar-refractivity contribution in [2.24, 2.45) is 4.99 Å². The highest BCUT2D eigenvalue weighted by molar-refractivity contribution is 6.13. The standard InChI is InChI=1S/C25H18N2O6/c1-16-13-19(9-12-22(16)27(30)31)24-26-21(25(29)33-24)14-17-7-10-20(11-8-17)32-15-23(28)18-5-3-2-4-6-18/h2-14H,15H2,1H3/b21-14-. The molecule has 8 heteroatoms. The SMILES string of the molecule is Cc1cc(C2=N/C(=C\c3ccc(OCC(=O)c4ccccc4)cc3)C(=O)O2)ccc1[N+](=O)[O-]. The van der Waals surface area contributed by atoms with Gasteiger partial charge in [-0.2, -0.15) is 0 Å². The highest BCUT2D eigenvalue weighted by atomic mass is 16.6. The Morgan fingerprint density at radius 3 is 2.48 bits per heavy atom. The van der Waals surface area contributed by atoms with Gasteiger partial charge in [0.05, 0.1) is 4.92 Å². The van der Waals surface area contributed by atoms with Crippen molar-refractivity contribution in [1.82, 2.24) is 0 Å². The number of benzene rings is 3. The minimum atomic E-state index is -0.616. The smallest absolute Gasteiger partial charge is 0.363 e. The fraction of sp³-hybridized carbons (Fsp3) is 0.0800. The fourth-order valence-corrected chi connectivity index (χ4v) is 3.20. The molecule has 1 aliphatic rings. The van der Waals surface area contributed by atoms with Gasteiger partial charge in [0.25, 0.3) is 5.69 Å². The third kappa shape index (κ3) is 5.01. The maximum atomic E-state index is 12.2. The predicted octanol–water partition coefficient (Wildman–Crippen LogP) is 4.51. The molecule has 0 fully saturated rings. The first-order chi connectivity index (χ1) is 15.9. The Morgan fingerprint density at radius 1 is 1.09 bits per heavy atom. The lowest BCUT2D eigenvalue weighted by atomic mass is 10.1. The molecule has 0 unspecified atom stereocenters. The molecule has 0 amide bonds. The molecular formula is C25H18N2O6. The molecule has 0 aliphatic carbocycles. The Kier molecular flexibility index (Phi) is 6.08. The van der Waals surface area contributed by atoms with Crippen LogP contribution in [0.25, 0.3) is 6.08 Å². The Bertz CT molecular complexity index is 1290. The summed E-state index contributed by atoms with van der Waals surface area (Å²) < 4.78 is 10.8. The van der Waals surface area contributed by atoms with E-state index in [1.165, 1.54) is 12.1 Å². The number of cyclic esters (lactones) is 1. The van der Waals surface area contributed by atoms with Gasteiger partial charge in [-0.05, 0) is 42.8 Å². The Labute approximate surface area is 189 Å². The molecule has 0 spiro atoms. The molecule has 33 heavy (non-hydrogen) atoms. The molecule has 0 atom stereocenters. The van der Waals surface area contributed by atoms with Gasteiger partial charge in [0.15, 0.2) is 18.1 Å². The molecule has 0 aromatic heterocycles. The number of hydrogen-bond acceptors (Lipinski definition) is 7. The van der Waals surface area contributed by atoms with Crippen molar-refractivity contribution in [1.29, 1.82) is 0 Å². The molecule has 0 radical (unpaired) electrons. The molecule has 3 aromatic carbocycles. The number of aliphatic imine (C=N–C) groups is 1. The molecule has 1 aliphatic heterocycles. The van der Waals surface area contributed by atoms with Crippen LogP contribution in [0.5, 0.6) is 5.75 Å². The lowest BCUT2D eigenvalue weighted by Gasteiger charge is -2.06. The number of esters is 1. The number of nitro groups is 1. The van der Waals surface area contributed by atoms with Crippen molar-refractivity contribution in [3.8, 4) is 5.75 Å². The van der Waals surface area contributed by atoms with Crippen molar-refractivity contribution in [2.75, 3.05) is 6.61 Å². The number of nitro benzene ring substituents is 1. The van der Waals surface area contributed by atoms with Crippen molar-refractivity contribution >= 4 is 29.4 Å². The van der Waals surface area contributed by atoms with Gasteiger partial charge in [0.2, 0.25) is 5.90 Å². The third-order valence-electron chi connectivity index (χ3n) is 4.91. The second kappa shape index (κ2) is 9.27. The first kappa shape index (κ1) is 21.6. The van der Waals surface area contributed by atoms with E-state index < -0.39 is 10.9 Å². The lowest BCUT2D eigenvalue weighted by molar-refractivity contribution is -0.385. The van der Waals surface area contributed by atoms with E-state index in [-0.39, 0.29) is 29.7 Å². The number of aryl methyl sites for hydroxylation is 1. The minimum absolute atomic E-state index is 0.0211. The van der Waals surface area contributed by atoms with Crippen LogP contribution in [0.1, 0.15) is 27.0 Å². The number of carbonyl (C=O) groups excluding carboxylic acids is 2. The van der Waals surface area contributed by atoms with E-state index in [1.807, 2.05) is 6.07 Å². The normalized spacial score (nSPS) is 14.0. The zero-order valence-electron chi connectivity index (χ0n) is 17.6. The van der Waals surface area contributed by atoms with Crippen molar-refractivity contribution in [2.45, 2.75) is 6.92 Å². The quantitative estimate of drug-likeness (QED) is 0.175. The van der Waals surface area contributed by atoms with E-state index in [0.29, 0.717) is 28.0 Å². The number of hydrogen-bond donors (Lipinski definition) is 0. The van der Waals surface area contributed by atoms with Gasteiger partial charge in [-0.1, -0.05) is 42.5 Å². The average Bonchev–Trinajstić information content (AvgIpc) is 3.18. The van der Waals surface area contributed by atoms with Crippen LogP contribution in [0.4, 0.5) is 5.69 Å². The summed E-state index contributed by atoms with van der Waals surface area (Å²) in [5, 5.41) is 11.0. The van der Waals surface area contributed by atoms with Crippen LogP contribution in [0.3, 0.4) is 0 Å². The minimum Gasteiger partial charge on any atom is -0.485 e. The van der Waals surface area contributed by atoms with Gasteiger partial charge in [-0.25, -0.2) is 9.79 Å². The topological polar surface area (TPSA) is 108 Å². The van der Waals surface area contributed by atoms with E-state index in [2.05, 4.69) is 4.99 Å². The van der Waals surface area contributed by atoms with E-state index in [0.717, 1.165) is 0 Å². The van der Waals surface area contributed by atoms with Gasteiger partial charge >= 0.3 is 5.97 Å². The Balaban J connectivity index is 1.44. The summed E-state index contributed by atoms with van der Waals surface area (Å²) in [6.45, 7) is 1.52. The molecule has 0 saturated heterocycles. The van der Waals surface area contributed by atoms with Crippen molar-refractivity contribution < 1.29 is 24.0 Å². The number of nitrogens with zero attached hydrogens (tertiary/aromatic N) is 2. The second-order valence-electron chi connectivity index (χ2n) is 7.24.